The van der Waals surface area contributed by atoms with E-state index < -0.39 is 37.1 Å². The molecule has 1 aromatic rings. The summed E-state index contributed by atoms with van der Waals surface area (Å²) in [5.41, 5.74) is 1.69. The molecular weight excluding hydrogens is 259 g/mol. The summed E-state index contributed by atoms with van der Waals surface area (Å²) in [7, 11) is 0. The minimum atomic E-state index is -4.34. The first-order chi connectivity index (χ1) is 8.87. The van der Waals surface area contributed by atoms with E-state index in [1.54, 1.807) is 12.1 Å². The Labute approximate surface area is 108 Å². The number of aliphatic hydroxyl groups excluding tert-OH is 1. The molecule has 0 spiro atoms. The van der Waals surface area contributed by atoms with Crippen molar-refractivity contribution in [1.82, 2.24) is 5.32 Å². The van der Waals surface area contributed by atoms with Crippen molar-refractivity contribution in [3.05, 3.63) is 35.4 Å². The second-order valence-corrected chi connectivity index (χ2v) is 4.63. The Kier molecular flexibility index (Phi) is 3.80. The van der Waals surface area contributed by atoms with Crippen LogP contribution in [0.2, 0.25) is 0 Å². The fourth-order valence-corrected chi connectivity index (χ4v) is 2.25. The monoisotopic (exact) mass is 273 g/mol. The number of carbonyl (C=O) groups excluding carboxylic acids is 1. The standard InChI is InChI=1S/C13H14F3NO2/c14-13(15,16)6-5-11(19)17-12-9-4-2-1-3-8(9)7-10(12)18/h1-4,10,12,18H,5-7H2,(H,17,19)/t10-,12+/m0/s1. The Balaban J connectivity index is 1.98. The van der Waals surface area contributed by atoms with Gasteiger partial charge in [-0.1, -0.05) is 24.3 Å². The van der Waals surface area contributed by atoms with Crippen molar-refractivity contribution in [2.45, 2.75) is 37.6 Å². The Hall–Kier alpha value is -1.56. The van der Waals surface area contributed by atoms with Crippen molar-refractivity contribution in [2.75, 3.05) is 0 Å². The van der Waals surface area contributed by atoms with E-state index in [0.29, 0.717) is 6.42 Å². The molecule has 2 atom stereocenters. The van der Waals surface area contributed by atoms with E-state index in [1.165, 1.54) is 0 Å². The number of fused-ring (bicyclic) bond motifs is 1. The van der Waals surface area contributed by atoms with Crippen LogP contribution in [0, 0.1) is 0 Å². The van der Waals surface area contributed by atoms with E-state index in [9.17, 15) is 23.1 Å². The van der Waals surface area contributed by atoms with Gasteiger partial charge >= 0.3 is 6.18 Å². The molecule has 1 aromatic carbocycles. The summed E-state index contributed by atoms with van der Waals surface area (Å²) in [5, 5.41) is 12.3. The third kappa shape index (κ3) is 3.47. The quantitative estimate of drug-likeness (QED) is 0.886. The molecule has 0 aromatic heterocycles. The number of rotatable bonds is 3. The topological polar surface area (TPSA) is 49.3 Å². The maximum absolute atomic E-state index is 12.0. The fraction of sp³-hybridized carbons (Fsp3) is 0.462. The van der Waals surface area contributed by atoms with Gasteiger partial charge in [-0.25, -0.2) is 0 Å². The Morgan fingerprint density at radius 2 is 2.05 bits per heavy atom. The van der Waals surface area contributed by atoms with Crippen LogP contribution in [0.15, 0.2) is 24.3 Å². The van der Waals surface area contributed by atoms with E-state index in [4.69, 9.17) is 0 Å². The summed E-state index contributed by atoms with van der Waals surface area (Å²) in [5.74, 6) is -0.696. The molecule has 1 aliphatic rings. The van der Waals surface area contributed by atoms with Crippen molar-refractivity contribution in [2.24, 2.45) is 0 Å². The average Bonchev–Trinajstić information content (AvgIpc) is 2.63. The molecule has 0 saturated carbocycles. The minimum Gasteiger partial charge on any atom is -0.390 e. The first kappa shape index (κ1) is 13.9. The van der Waals surface area contributed by atoms with Crippen molar-refractivity contribution in [1.29, 1.82) is 0 Å². The molecule has 6 heteroatoms. The van der Waals surface area contributed by atoms with Gasteiger partial charge in [-0.3, -0.25) is 4.79 Å². The molecule has 104 valence electrons. The molecule has 0 fully saturated rings. The fourth-order valence-electron chi connectivity index (χ4n) is 2.25. The molecule has 0 saturated heterocycles. The number of carbonyl (C=O) groups is 1. The summed E-state index contributed by atoms with van der Waals surface area (Å²) in [6.07, 6.45) is -6.49. The lowest BCUT2D eigenvalue weighted by atomic mass is 10.1. The van der Waals surface area contributed by atoms with E-state index in [0.717, 1.165) is 11.1 Å². The van der Waals surface area contributed by atoms with Crippen molar-refractivity contribution in [3.63, 3.8) is 0 Å². The van der Waals surface area contributed by atoms with Crippen LogP contribution >= 0.6 is 0 Å². The highest BCUT2D eigenvalue weighted by Gasteiger charge is 2.33. The number of halogens is 3. The number of hydrogen-bond donors (Lipinski definition) is 2. The highest BCUT2D eigenvalue weighted by Crippen LogP contribution is 2.31. The largest absolute Gasteiger partial charge is 0.390 e. The van der Waals surface area contributed by atoms with Gasteiger partial charge in [-0.05, 0) is 11.1 Å². The molecule has 0 bridgehead atoms. The normalized spacial score (nSPS) is 22.1. The SMILES string of the molecule is O=C(CCC(F)(F)F)N[C@@H]1c2ccccc2C[C@@H]1O. The Morgan fingerprint density at radius 1 is 1.37 bits per heavy atom. The predicted molar refractivity (Wildman–Crippen MR) is 62.3 cm³/mol. The van der Waals surface area contributed by atoms with Gasteiger partial charge < -0.3 is 10.4 Å². The van der Waals surface area contributed by atoms with Crippen LogP contribution < -0.4 is 5.32 Å². The van der Waals surface area contributed by atoms with Gasteiger partial charge in [0.2, 0.25) is 5.91 Å². The zero-order valence-corrected chi connectivity index (χ0v) is 10.1. The number of amides is 1. The summed E-state index contributed by atoms with van der Waals surface area (Å²) in [4.78, 5) is 11.5. The summed E-state index contributed by atoms with van der Waals surface area (Å²) in [6.45, 7) is 0. The number of aliphatic hydroxyl groups is 1. The first-order valence-corrected chi connectivity index (χ1v) is 5.99. The molecule has 3 nitrogen and oxygen atoms in total. The van der Waals surface area contributed by atoms with Gasteiger partial charge in [0, 0.05) is 12.8 Å². The number of benzene rings is 1. The zero-order valence-electron chi connectivity index (χ0n) is 10.1. The van der Waals surface area contributed by atoms with Crippen molar-refractivity contribution in [3.8, 4) is 0 Å². The highest BCUT2D eigenvalue weighted by atomic mass is 19.4. The third-order valence-electron chi connectivity index (χ3n) is 3.16. The van der Waals surface area contributed by atoms with Crippen LogP contribution in [-0.4, -0.2) is 23.3 Å². The smallest absolute Gasteiger partial charge is 0.389 e. The van der Waals surface area contributed by atoms with Gasteiger partial charge in [-0.2, -0.15) is 13.2 Å². The maximum Gasteiger partial charge on any atom is 0.389 e. The zero-order chi connectivity index (χ0) is 14.0. The second-order valence-electron chi connectivity index (χ2n) is 4.63. The summed E-state index contributed by atoms with van der Waals surface area (Å²) >= 11 is 0. The predicted octanol–water partition coefficient (Wildman–Crippen LogP) is 2.10. The summed E-state index contributed by atoms with van der Waals surface area (Å²) < 4.78 is 36.0. The molecule has 19 heavy (non-hydrogen) atoms. The maximum atomic E-state index is 12.0. The van der Waals surface area contributed by atoms with Crippen molar-refractivity contribution < 1.29 is 23.1 Å². The van der Waals surface area contributed by atoms with E-state index in [1.807, 2.05) is 12.1 Å². The van der Waals surface area contributed by atoms with Crippen LogP contribution in [0.5, 0.6) is 0 Å². The van der Waals surface area contributed by atoms with E-state index >= 15 is 0 Å². The molecule has 1 amide bonds. The number of hydrogen-bond acceptors (Lipinski definition) is 2. The highest BCUT2D eigenvalue weighted by molar-refractivity contribution is 5.76. The molecule has 0 radical (unpaired) electrons. The van der Waals surface area contributed by atoms with Crippen LogP contribution in [0.1, 0.15) is 30.0 Å². The molecule has 0 unspecified atom stereocenters. The lowest BCUT2D eigenvalue weighted by Gasteiger charge is -2.18. The lowest BCUT2D eigenvalue weighted by molar-refractivity contribution is -0.144. The van der Waals surface area contributed by atoms with Gasteiger partial charge in [0.15, 0.2) is 0 Å². The second kappa shape index (κ2) is 5.21. The Morgan fingerprint density at radius 3 is 2.74 bits per heavy atom. The van der Waals surface area contributed by atoms with Crippen LogP contribution in [-0.2, 0) is 11.2 Å². The molecule has 0 aliphatic heterocycles. The average molecular weight is 273 g/mol. The van der Waals surface area contributed by atoms with Gasteiger partial charge in [0.05, 0.1) is 18.6 Å². The number of nitrogens with one attached hydrogen (secondary N) is 1. The van der Waals surface area contributed by atoms with Crippen LogP contribution in [0.4, 0.5) is 13.2 Å². The van der Waals surface area contributed by atoms with Crippen LogP contribution in [0.3, 0.4) is 0 Å². The van der Waals surface area contributed by atoms with Crippen molar-refractivity contribution >= 4 is 5.91 Å². The minimum absolute atomic E-state index is 0.403. The van der Waals surface area contributed by atoms with Gasteiger partial charge in [0.1, 0.15) is 0 Å². The van der Waals surface area contributed by atoms with Gasteiger partial charge in [-0.15, -0.1) is 0 Å². The van der Waals surface area contributed by atoms with E-state index in [2.05, 4.69) is 5.32 Å². The molecule has 2 rings (SSSR count). The molecule has 2 N–H and O–H groups in total. The van der Waals surface area contributed by atoms with Gasteiger partial charge in [0.25, 0.3) is 0 Å². The number of alkyl halides is 3. The van der Waals surface area contributed by atoms with E-state index in [-0.39, 0.29) is 0 Å². The Bertz CT molecular complexity index is 473. The molecular formula is C13H14F3NO2. The molecule has 1 aliphatic carbocycles. The summed E-state index contributed by atoms with van der Waals surface area (Å²) in [6, 6.07) is 6.57. The first-order valence-electron chi connectivity index (χ1n) is 5.99. The van der Waals surface area contributed by atoms with Crippen LogP contribution in [0.25, 0.3) is 0 Å². The lowest BCUT2D eigenvalue weighted by Crippen LogP contribution is -2.34. The molecule has 0 heterocycles. The third-order valence-corrected chi connectivity index (χ3v) is 3.16.